The second-order valence-corrected chi connectivity index (χ2v) is 10.8. The number of ether oxygens (including phenoxy) is 2. The molecule has 0 spiro atoms. The fourth-order valence-electron chi connectivity index (χ4n) is 4.08. The van der Waals surface area contributed by atoms with Crippen LogP contribution in [0.4, 0.5) is 0 Å². The Balaban J connectivity index is 1.40. The van der Waals surface area contributed by atoms with Crippen molar-refractivity contribution in [2.45, 2.75) is 26.1 Å². The number of hydrogen-bond acceptors (Lipinski definition) is 7. The van der Waals surface area contributed by atoms with Crippen LogP contribution in [0.1, 0.15) is 24.3 Å². The van der Waals surface area contributed by atoms with Gasteiger partial charge >= 0.3 is 0 Å². The molecule has 1 amide bonds. The molecule has 3 heterocycles. The zero-order valence-electron chi connectivity index (χ0n) is 18.4. The molecule has 1 aromatic heterocycles. The summed E-state index contributed by atoms with van der Waals surface area (Å²) in [5, 5.41) is 2.45. The van der Waals surface area contributed by atoms with Crippen LogP contribution >= 0.6 is 11.3 Å². The molecule has 174 valence electrons. The van der Waals surface area contributed by atoms with Crippen molar-refractivity contribution in [3.63, 3.8) is 0 Å². The summed E-state index contributed by atoms with van der Waals surface area (Å²) in [6.07, 6.45) is -0.281. The van der Waals surface area contributed by atoms with Crippen molar-refractivity contribution in [1.29, 1.82) is 0 Å². The second-order valence-electron chi connectivity index (χ2n) is 8.01. The van der Waals surface area contributed by atoms with E-state index >= 15 is 0 Å². The van der Waals surface area contributed by atoms with Crippen molar-refractivity contribution in [3.05, 3.63) is 35.3 Å². The number of aromatic nitrogens is 1. The summed E-state index contributed by atoms with van der Waals surface area (Å²) >= 11 is 1.39. The van der Waals surface area contributed by atoms with Crippen molar-refractivity contribution in [3.8, 4) is 16.3 Å². The number of nitrogens with zero attached hydrogens (tertiary/aromatic N) is 4. The monoisotopic (exact) mass is 480 g/mol. The lowest BCUT2D eigenvalue weighted by Gasteiger charge is -2.40. The van der Waals surface area contributed by atoms with Crippen LogP contribution < -0.4 is 4.74 Å². The van der Waals surface area contributed by atoms with Gasteiger partial charge in [-0.25, -0.2) is 4.98 Å². The highest BCUT2D eigenvalue weighted by Gasteiger charge is 2.37. The van der Waals surface area contributed by atoms with Gasteiger partial charge in [0.25, 0.3) is 16.1 Å². The maximum Gasteiger partial charge on any atom is 0.282 e. The van der Waals surface area contributed by atoms with Crippen molar-refractivity contribution in [2.75, 3.05) is 46.4 Å². The lowest BCUT2D eigenvalue weighted by molar-refractivity contribution is -0.0457. The van der Waals surface area contributed by atoms with E-state index < -0.39 is 10.2 Å². The quantitative estimate of drug-likeness (QED) is 0.649. The molecule has 32 heavy (non-hydrogen) atoms. The van der Waals surface area contributed by atoms with Gasteiger partial charge in [0.1, 0.15) is 16.5 Å². The van der Waals surface area contributed by atoms with Gasteiger partial charge in [-0.3, -0.25) is 4.79 Å². The van der Waals surface area contributed by atoms with E-state index in [-0.39, 0.29) is 31.2 Å². The maximum atomic E-state index is 13.1. The number of amides is 1. The number of rotatable bonds is 5. The van der Waals surface area contributed by atoms with E-state index in [1.54, 1.807) is 17.4 Å². The fourth-order valence-corrected chi connectivity index (χ4v) is 6.65. The number of methoxy groups -OCH3 is 1. The van der Waals surface area contributed by atoms with Crippen LogP contribution in [0.15, 0.2) is 29.6 Å². The summed E-state index contributed by atoms with van der Waals surface area (Å²) in [5.41, 5.74) is 1.20. The molecule has 1 aromatic carbocycles. The average molecular weight is 481 g/mol. The molecule has 2 unspecified atom stereocenters. The normalized spacial score (nSPS) is 23.3. The zero-order chi connectivity index (χ0) is 22.9. The number of carbonyl (C=O) groups is 1. The molecule has 2 aromatic rings. The van der Waals surface area contributed by atoms with E-state index in [1.807, 2.05) is 38.1 Å². The van der Waals surface area contributed by atoms with Crippen molar-refractivity contribution >= 4 is 27.5 Å². The van der Waals surface area contributed by atoms with Gasteiger partial charge in [0.05, 0.1) is 24.9 Å². The molecular weight excluding hydrogens is 452 g/mol. The summed E-state index contributed by atoms with van der Waals surface area (Å²) in [6, 6.07) is 7.54. The van der Waals surface area contributed by atoms with Crippen LogP contribution in [0, 0.1) is 0 Å². The van der Waals surface area contributed by atoms with Gasteiger partial charge in [0, 0.05) is 44.6 Å². The van der Waals surface area contributed by atoms with Crippen LogP contribution in [0.3, 0.4) is 0 Å². The number of carbonyl (C=O) groups excluding carboxylic acids is 1. The molecular formula is C21H28N4O5S2. The lowest BCUT2D eigenvalue weighted by Crippen LogP contribution is -2.57. The Morgan fingerprint density at radius 2 is 1.75 bits per heavy atom. The number of morpholine rings is 1. The number of piperazine rings is 1. The topological polar surface area (TPSA) is 92.3 Å². The third kappa shape index (κ3) is 4.67. The van der Waals surface area contributed by atoms with Gasteiger partial charge in [-0.1, -0.05) is 12.1 Å². The van der Waals surface area contributed by atoms with E-state index in [0.717, 1.165) is 5.56 Å². The zero-order valence-corrected chi connectivity index (χ0v) is 20.1. The number of para-hydroxylation sites is 1. The molecule has 0 aliphatic carbocycles. The summed E-state index contributed by atoms with van der Waals surface area (Å²) in [6.45, 7) is 5.62. The first-order valence-corrected chi connectivity index (χ1v) is 12.9. The van der Waals surface area contributed by atoms with Crippen molar-refractivity contribution in [1.82, 2.24) is 18.5 Å². The third-order valence-corrected chi connectivity index (χ3v) is 8.47. The Kier molecular flexibility index (Phi) is 6.82. The smallest absolute Gasteiger partial charge is 0.282 e. The SMILES string of the molecule is COc1ccccc1-c1nc(C(=O)N2CCN(S(=O)(=O)N3CC(C)OC(C)C3)CC2)cs1. The Labute approximate surface area is 192 Å². The van der Waals surface area contributed by atoms with Gasteiger partial charge in [-0.05, 0) is 26.0 Å². The Morgan fingerprint density at radius 1 is 1.09 bits per heavy atom. The van der Waals surface area contributed by atoms with Crippen LogP contribution in [0.5, 0.6) is 5.75 Å². The summed E-state index contributed by atoms with van der Waals surface area (Å²) in [4.78, 5) is 19.2. The first kappa shape index (κ1) is 23.1. The van der Waals surface area contributed by atoms with Gasteiger partial charge in [-0.15, -0.1) is 11.3 Å². The number of hydrogen-bond donors (Lipinski definition) is 0. The van der Waals surface area contributed by atoms with Gasteiger partial charge in [0.2, 0.25) is 0 Å². The van der Waals surface area contributed by atoms with Gasteiger partial charge < -0.3 is 14.4 Å². The molecule has 2 aliphatic rings. The van der Waals surface area contributed by atoms with Crippen LogP contribution in [-0.2, 0) is 14.9 Å². The minimum absolute atomic E-state index is 0.140. The summed E-state index contributed by atoms with van der Waals surface area (Å²) in [7, 11) is -1.98. The summed E-state index contributed by atoms with van der Waals surface area (Å²) in [5.74, 6) is 0.513. The molecule has 0 bridgehead atoms. The highest BCUT2D eigenvalue weighted by atomic mass is 32.2. The summed E-state index contributed by atoms with van der Waals surface area (Å²) < 4.78 is 40.1. The van der Waals surface area contributed by atoms with Crippen LogP contribution in [0.2, 0.25) is 0 Å². The average Bonchev–Trinajstić information content (AvgIpc) is 3.28. The van der Waals surface area contributed by atoms with E-state index in [4.69, 9.17) is 9.47 Å². The first-order chi connectivity index (χ1) is 15.3. The molecule has 11 heteroatoms. The van der Waals surface area contributed by atoms with Crippen molar-refractivity contribution < 1.29 is 22.7 Å². The molecule has 2 saturated heterocycles. The fraction of sp³-hybridized carbons (Fsp3) is 0.524. The van der Waals surface area contributed by atoms with Crippen LogP contribution in [0.25, 0.3) is 10.6 Å². The lowest BCUT2D eigenvalue weighted by atomic mass is 10.2. The molecule has 0 radical (unpaired) electrons. The Morgan fingerprint density at radius 3 is 2.41 bits per heavy atom. The predicted octanol–water partition coefficient (Wildman–Crippen LogP) is 1.93. The van der Waals surface area contributed by atoms with E-state index in [0.29, 0.717) is 42.6 Å². The Bertz CT molecular complexity index is 1060. The molecule has 2 aliphatic heterocycles. The second kappa shape index (κ2) is 9.44. The third-order valence-electron chi connectivity index (χ3n) is 5.63. The van der Waals surface area contributed by atoms with Gasteiger partial charge in [0.15, 0.2) is 0 Å². The molecule has 0 N–H and O–H groups in total. The highest BCUT2D eigenvalue weighted by molar-refractivity contribution is 7.86. The van der Waals surface area contributed by atoms with Crippen molar-refractivity contribution in [2.24, 2.45) is 0 Å². The maximum absolute atomic E-state index is 13.1. The largest absolute Gasteiger partial charge is 0.496 e. The first-order valence-electron chi connectivity index (χ1n) is 10.6. The standard InChI is InChI=1S/C21H28N4O5S2/c1-15-12-25(13-16(2)30-15)32(27,28)24-10-8-23(9-11-24)21(26)18-14-31-20(22-18)17-6-4-5-7-19(17)29-3/h4-7,14-16H,8-13H2,1-3H3. The van der Waals surface area contributed by atoms with E-state index in [2.05, 4.69) is 4.98 Å². The number of benzene rings is 1. The Hall–Kier alpha value is -2.05. The van der Waals surface area contributed by atoms with Crippen LogP contribution in [-0.4, -0.2) is 91.4 Å². The van der Waals surface area contributed by atoms with E-state index in [9.17, 15) is 13.2 Å². The molecule has 9 nitrogen and oxygen atoms in total. The minimum Gasteiger partial charge on any atom is -0.496 e. The predicted molar refractivity (Wildman–Crippen MR) is 122 cm³/mol. The number of thiazole rings is 1. The van der Waals surface area contributed by atoms with E-state index in [1.165, 1.54) is 19.9 Å². The highest BCUT2D eigenvalue weighted by Crippen LogP contribution is 2.32. The van der Waals surface area contributed by atoms with Gasteiger partial charge in [-0.2, -0.15) is 17.0 Å². The molecule has 4 rings (SSSR count). The molecule has 2 fully saturated rings. The molecule has 2 atom stereocenters. The molecule has 0 saturated carbocycles. The minimum atomic E-state index is -3.58.